The van der Waals surface area contributed by atoms with E-state index in [0.717, 1.165) is 0 Å². The predicted molar refractivity (Wildman–Crippen MR) is 111 cm³/mol. The van der Waals surface area contributed by atoms with Crippen LogP contribution < -0.4 is 9.47 Å². The minimum atomic E-state index is -2.12. The van der Waals surface area contributed by atoms with Crippen LogP contribution in [0.1, 0.15) is 30.1 Å². The molecule has 1 N–H and O–H groups in total. The molecule has 8 nitrogen and oxygen atoms in total. The molecular formula is C24H20N4O4. The molecule has 2 aromatic rings. The maximum Gasteiger partial charge on any atom is 0.218 e. The molecule has 160 valence electrons. The summed E-state index contributed by atoms with van der Waals surface area (Å²) in [6, 6.07) is 20.1. The number of nitriles is 3. The smallest absolute Gasteiger partial charge is 0.218 e. The summed E-state index contributed by atoms with van der Waals surface area (Å²) in [5.41, 5.74) is -3.06. The van der Waals surface area contributed by atoms with Crippen molar-refractivity contribution in [2.45, 2.75) is 24.7 Å². The van der Waals surface area contributed by atoms with Gasteiger partial charge in [0, 0.05) is 12.5 Å². The van der Waals surface area contributed by atoms with Gasteiger partial charge in [-0.1, -0.05) is 30.3 Å². The molecule has 4 rings (SSSR count). The van der Waals surface area contributed by atoms with Gasteiger partial charge in [0.1, 0.15) is 17.6 Å². The lowest BCUT2D eigenvalue weighted by molar-refractivity contribution is -0.253. The molecule has 2 aromatic carbocycles. The number of hydrogen-bond donors (Lipinski definition) is 1. The number of ether oxygens (including phenoxy) is 4. The van der Waals surface area contributed by atoms with Crippen LogP contribution in [0.4, 0.5) is 0 Å². The largest absolute Gasteiger partial charge is 0.497 e. The fourth-order valence-electron chi connectivity index (χ4n) is 4.96. The summed E-state index contributed by atoms with van der Waals surface area (Å²) in [5, 5.41) is 40.0. The lowest BCUT2D eigenvalue weighted by atomic mass is 9.52. The lowest BCUT2D eigenvalue weighted by Gasteiger charge is -2.49. The molecule has 0 radical (unpaired) electrons. The van der Waals surface area contributed by atoms with Crippen molar-refractivity contribution in [1.82, 2.24) is 0 Å². The molecule has 0 aliphatic carbocycles. The number of benzene rings is 2. The first-order valence-electron chi connectivity index (χ1n) is 9.84. The van der Waals surface area contributed by atoms with Crippen molar-refractivity contribution >= 4 is 5.90 Å². The van der Waals surface area contributed by atoms with Crippen LogP contribution in [0, 0.1) is 50.2 Å². The number of methoxy groups -OCH3 is 2. The van der Waals surface area contributed by atoms with Gasteiger partial charge in [-0.25, -0.2) is 0 Å². The van der Waals surface area contributed by atoms with E-state index in [4.69, 9.17) is 24.4 Å². The first-order chi connectivity index (χ1) is 15.4. The summed E-state index contributed by atoms with van der Waals surface area (Å²) in [7, 11) is 2.94. The second-order valence-electron chi connectivity index (χ2n) is 7.85. The molecule has 4 unspecified atom stereocenters. The normalized spacial score (nSPS) is 29.7. The second-order valence-corrected chi connectivity index (χ2v) is 7.85. The van der Waals surface area contributed by atoms with Crippen LogP contribution in [0.3, 0.4) is 0 Å². The highest BCUT2D eigenvalue weighted by Crippen LogP contribution is 2.69. The molecule has 2 saturated heterocycles. The van der Waals surface area contributed by atoms with Crippen molar-refractivity contribution < 1.29 is 18.9 Å². The van der Waals surface area contributed by atoms with Gasteiger partial charge in [0.05, 0.1) is 38.3 Å². The zero-order chi connectivity index (χ0) is 23.1. The van der Waals surface area contributed by atoms with Gasteiger partial charge in [0.2, 0.25) is 17.1 Å². The first-order valence-corrected chi connectivity index (χ1v) is 9.84. The van der Waals surface area contributed by atoms with Crippen LogP contribution in [-0.2, 0) is 9.47 Å². The molecule has 8 heteroatoms. The monoisotopic (exact) mass is 428 g/mol. The van der Waals surface area contributed by atoms with Crippen LogP contribution in [0.5, 0.6) is 11.5 Å². The zero-order valence-electron chi connectivity index (χ0n) is 17.7. The third-order valence-electron chi connectivity index (χ3n) is 6.37. The Balaban J connectivity index is 2.06. The molecule has 0 spiro atoms. The van der Waals surface area contributed by atoms with E-state index in [1.165, 1.54) is 14.2 Å². The van der Waals surface area contributed by atoms with Crippen LogP contribution in [0.15, 0.2) is 48.5 Å². The van der Waals surface area contributed by atoms with Crippen molar-refractivity contribution in [2.24, 2.45) is 10.8 Å². The Morgan fingerprint density at radius 2 is 1.66 bits per heavy atom. The van der Waals surface area contributed by atoms with Crippen molar-refractivity contribution in [2.75, 3.05) is 14.2 Å². The van der Waals surface area contributed by atoms with Crippen LogP contribution in [0.25, 0.3) is 0 Å². The van der Waals surface area contributed by atoms with E-state index >= 15 is 0 Å². The molecule has 2 bridgehead atoms. The summed E-state index contributed by atoms with van der Waals surface area (Å²) >= 11 is 0. The standard InChI is InChI=1S/C24H20N4O4/c1-22-19(15-7-5-4-6-8-15)24(14-27,21(28)32-22)23(12-25,13-26)20(31-22)17-11-16(29-2)9-10-18(17)30-3/h4-11,19-20,28H,1-3H3. The molecule has 2 fully saturated rings. The molecule has 0 amide bonds. The van der Waals surface area contributed by atoms with E-state index in [1.807, 2.05) is 18.2 Å². The van der Waals surface area contributed by atoms with E-state index in [1.54, 1.807) is 49.4 Å². The minimum Gasteiger partial charge on any atom is -0.497 e. The van der Waals surface area contributed by atoms with Crippen LogP contribution in [-0.4, -0.2) is 25.9 Å². The van der Waals surface area contributed by atoms with Crippen molar-refractivity contribution in [1.29, 1.82) is 21.2 Å². The van der Waals surface area contributed by atoms with Gasteiger partial charge >= 0.3 is 0 Å². The van der Waals surface area contributed by atoms with Gasteiger partial charge < -0.3 is 18.9 Å². The third-order valence-corrected chi connectivity index (χ3v) is 6.37. The van der Waals surface area contributed by atoms with E-state index in [0.29, 0.717) is 22.6 Å². The summed E-state index contributed by atoms with van der Waals surface area (Å²) in [6.07, 6.45) is -1.25. The van der Waals surface area contributed by atoms with Crippen molar-refractivity contribution in [3.63, 3.8) is 0 Å². The molecule has 2 aliphatic heterocycles. The third kappa shape index (κ3) is 2.46. The molecule has 0 saturated carbocycles. The molecule has 0 aromatic heterocycles. The molecule has 32 heavy (non-hydrogen) atoms. The van der Waals surface area contributed by atoms with Gasteiger partial charge in [0.25, 0.3) is 0 Å². The van der Waals surface area contributed by atoms with Crippen molar-refractivity contribution in [3.05, 3.63) is 59.7 Å². The minimum absolute atomic E-state index is 0.352. The number of rotatable bonds is 4. The maximum absolute atomic E-state index is 10.5. The first kappa shape index (κ1) is 21.2. The fraction of sp³-hybridized carbons (Fsp3) is 0.333. The number of nitrogens with zero attached hydrogens (tertiary/aromatic N) is 3. The average Bonchev–Trinajstić information content (AvgIpc) is 3.01. The van der Waals surface area contributed by atoms with Gasteiger partial charge in [0.15, 0.2) is 5.41 Å². The van der Waals surface area contributed by atoms with E-state index in [2.05, 4.69) is 6.07 Å². The lowest BCUT2D eigenvalue weighted by Crippen LogP contribution is -2.57. The maximum atomic E-state index is 10.5. The second kappa shape index (κ2) is 7.27. The van der Waals surface area contributed by atoms with E-state index < -0.39 is 34.5 Å². The van der Waals surface area contributed by atoms with Crippen molar-refractivity contribution in [3.8, 4) is 29.7 Å². The zero-order valence-corrected chi connectivity index (χ0v) is 17.7. The number of hydrogen-bond acceptors (Lipinski definition) is 8. The van der Waals surface area contributed by atoms with E-state index in [-0.39, 0.29) is 0 Å². The summed E-state index contributed by atoms with van der Waals surface area (Å²) in [5.74, 6) is -2.03. The van der Waals surface area contributed by atoms with Gasteiger partial charge in [-0.05, 0) is 23.8 Å². The molecule has 2 heterocycles. The number of nitrogens with one attached hydrogen (secondary N) is 1. The summed E-state index contributed by atoms with van der Waals surface area (Å²) < 4.78 is 23.0. The predicted octanol–water partition coefficient (Wildman–Crippen LogP) is 3.83. The van der Waals surface area contributed by atoms with E-state index in [9.17, 15) is 15.8 Å². The Morgan fingerprint density at radius 1 is 0.969 bits per heavy atom. The summed E-state index contributed by atoms with van der Waals surface area (Å²) in [4.78, 5) is 0. The SMILES string of the molecule is COc1ccc(OC)c(C2OC3(C)OC(=N)C(C#N)(C3c3ccccc3)C2(C#N)C#N)c1. The Labute approximate surface area is 185 Å². The fourth-order valence-corrected chi connectivity index (χ4v) is 4.96. The summed E-state index contributed by atoms with van der Waals surface area (Å²) in [6.45, 7) is 1.62. The average molecular weight is 428 g/mol. The van der Waals surface area contributed by atoms with Crippen LogP contribution in [0.2, 0.25) is 0 Å². The highest BCUT2D eigenvalue weighted by molar-refractivity contribution is 5.90. The molecular weight excluding hydrogens is 408 g/mol. The number of fused-ring (bicyclic) bond motifs is 2. The Hall–Kier alpha value is -4.06. The van der Waals surface area contributed by atoms with Gasteiger partial charge in [-0.15, -0.1) is 0 Å². The topological polar surface area (TPSA) is 132 Å². The van der Waals surface area contributed by atoms with Crippen LogP contribution >= 0.6 is 0 Å². The van der Waals surface area contributed by atoms with Gasteiger partial charge in [-0.3, -0.25) is 5.41 Å². The van der Waals surface area contributed by atoms with Gasteiger partial charge in [-0.2, -0.15) is 15.8 Å². The Kier molecular flexibility index (Phi) is 4.81. The quantitative estimate of drug-likeness (QED) is 0.782. The highest BCUT2D eigenvalue weighted by Gasteiger charge is 2.80. The highest BCUT2D eigenvalue weighted by atomic mass is 16.7. The molecule has 4 atom stereocenters. The molecule has 2 aliphatic rings. The Morgan fingerprint density at radius 3 is 2.22 bits per heavy atom. The Bertz CT molecular complexity index is 1200.